The summed E-state index contributed by atoms with van der Waals surface area (Å²) in [4.78, 5) is 17.2. The lowest BCUT2D eigenvalue weighted by Crippen LogP contribution is -2.14. The van der Waals surface area contributed by atoms with Gasteiger partial charge in [-0.3, -0.25) is 9.36 Å². The van der Waals surface area contributed by atoms with E-state index in [1.807, 2.05) is 25.1 Å². The van der Waals surface area contributed by atoms with Crippen LogP contribution >= 0.6 is 0 Å². The molecule has 1 aliphatic carbocycles. The van der Waals surface area contributed by atoms with Crippen LogP contribution in [0.4, 0.5) is 0 Å². The third kappa shape index (κ3) is 2.29. The monoisotopic (exact) mass is 296 g/mol. The average Bonchev–Trinajstić information content (AvgIpc) is 2.97. The van der Waals surface area contributed by atoms with E-state index in [-0.39, 0.29) is 11.7 Å². The smallest absolute Gasteiger partial charge is 0.183 e. The van der Waals surface area contributed by atoms with E-state index in [4.69, 9.17) is 0 Å². The van der Waals surface area contributed by atoms with E-state index in [9.17, 15) is 4.79 Å². The summed E-state index contributed by atoms with van der Waals surface area (Å²) in [5, 5.41) is 0. The second-order valence-electron chi connectivity index (χ2n) is 6.25. The number of fused-ring (bicyclic) bond motifs is 1. The van der Waals surface area contributed by atoms with Crippen molar-refractivity contribution in [2.75, 3.05) is 0 Å². The van der Waals surface area contributed by atoms with Crippen LogP contribution in [0.15, 0.2) is 24.4 Å². The fraction of sp³-hybridized carbons (Fsp3) is 0.474. The van der Waals surface area contributed by atoms with Gasteiger partial charge in [-0.05, 0) is 42.5 Å². The van der Waals surface area contributed by atoms with E-state index in [1.165, 1.54) is 16.8 Å². The van der Waals surface area contributed by atoms with Gasteiger partial charge < -0.3 is 0 Å². The minimum atomic E-state index is 0.103. The first-order chi connectivity index (χ1) is 10.7. The van der Waals surface area contributed by atoms with Crippen LogP contribution < -0.4 is 0 Å². The second-order valence-corrected chi connectivity index (χ2v) is 6.25. The Morgan fingerprint density at radius 2 is 2.00 bits per heavy atom. The van der Waals surface area contributed by atoms with E-state index in [2.05, 4.69) is 23.4 Å². The number of pyridine rings is 1. The van der Waals surface area contributed by atoms with E-state index in [0.29, 0.717) is 0 Å². The summed E-state index contributed by atoms with van der Waals surface area (Å²) in [6.07, 6.45) is 6.94. The Balaban J connectivity index is 2.27. The van der Waals surface area contributed by atoms with Gasteiger partial charge in [-0.2, -0.15) is 0 Å². The molecule has 0 fully saturated rings. The van der Waals surface area contributed by atoms with Gasteiger partial charge in [-0.25, -0.2) is 4.98 Å². The molecule has 2 aromatic rings. The van der Waals surface area contributed by atoms with Crippen LogP contribution in [-0.4, -0.2) is 15.3 Å². The van der Waals surface area contributed by atoms with Crippen LogP contribution in [0.5, 0.6) is 0 Å². The first-order valence-corrected chi connectivity index (χ1v) is 8.39. The zero-order valence-corrected chi connectivity index (χ0v) is 13.7. The summed E-state index contributed by atoms with van der Waals surface area (Å²) in [5.74, 6) is 1.26. The Bertz CT molecular complexity index is 685. The third-order valence-corrected chi connectivity index (χ3v) is 4.55. The number of rotatable bonds is 5. The topological polar surface area (TPSA) is 34.9 Å². The lowest BCUT2D eigenvalue weighted by atomic mass is 10.00. The van der Waals surface area contributed by atoms with Crippen LogP contribution in [0.1, 0.15) is 60.9 Å². The molecule has 22 heavy (non-hydrogen) atoms. The molecular weight excluding hydrogens is 272 g/mol. The van der Waals surface area contributed by atoms with Crippen molar-refractivity contribution in [1.29, 1.82) is 0 Å². The van der Waals surface area contributed by atoms with Crippen molar-refractivity contribution in [1.82, 2.24) is 9.55 Å². The fourth-order valence-corrected chi connectivity index (χ4v) is 3.62. The van der Waals surface area contributed by atoms with Crippen LogP contribution in [0.25, 0.3) is 5.82 Å². The van der Waals surface area contributed by atoms with Crippen LogP contribution in [0, 0.1) is 5.92 Å². The standard InChI is InChI=1S/C19H24N2O/c1-4-8-14-15-12-13(3)19(22)18(15)21(16(14)9-5-2)17-10-6-7-11-20-17/h6-7,10-11,13H,4-5,8-9,12H2,1-3H3. The zero-order chi connectivity index (χ0) is 15.7. The van der Waals surface area contributed by atoms with Gasteiger partial charge in [0, 0.05) is 17.8 Å². The first kappa shape index (κ1) is 15.0. The van der Waals surface area contributed by atoms with E-state index in [0.717, 1.165) is 43.6 Å². The maximum absolute atomic E-state index is 12.7. The number of nitrogens with zero attached hydrogens (tertiary/aromatic N) is 2. The maximum atomic E-state index is 12.7. The highest BCUT2D eigenvalue weighted by atomic mass is 16.1. The van der Waals surface area contributed by atoms with Crippen LogP contribution in [-0.2, 0) is 19.3 Å². The van der Waals surface area contributed by atoms with Gasteiger partial charge in [0.25, 0.3) is 0 Å². The van der Waals surface area contributed by atoms with Crippen molar-refractivity contribution in [3.8, 4) is 5.82 Å². The molecule has 0 amide bonds. The number of hydrogen-bond donors (Lipinski definition) is 0. The molecule has 2 aromatic heterocycles. The Morgan fingerprint density at radius 1 is 1.23 bits per heavy atom. The SMILES string of the molecule is CCCc1c2c(n(-c3ccccn3)c1CCC)C(=O)C(C)C2. The summed E-state index contributed by atoms with van der Waals surface area (Å²) < 4.78 is 2.15. The van der Waals surface area contributed by atoms with Gasteiger partial charge in [-0.15, -0.1) is 0 Å². The molecule has 116 valence electrons. The van der Waals surface area contributed by atoms with Crippen molar-refractivity contribution in [2.24, 2.45) is 5.92 Å². The summed E-state index contributed by atoms with van der Waals surface area (Å²) >= 11 is 0. The lowest BCUT2D eigenvalue weighted by molar-refractivity contribution is 0.0939. The van der Waals surface area contributed by atoms with E-state index in [1.54, 1.807) is 6.20 Å². The first-order valence-electron chi connectivity index (χ1n) is 8.39. The molecule has 3 rings (SSSR count). The predicted molar refractivity (Wildman–Crippen MR) is 88.8 cm³/mol. The highest BCUT2D eigenvalue weighted by molar-refractivity contribution is 6.02. The van der Waals surface area contributed by atoms with E-state index >= 15 is 0 Å². The average molecular weight is 296 g/mol. The van der Waals surface area contributed by atoms with Gasteiger partial charge in [0.05, 0.1) is 5.69 Å². The fourth-order valence-electron chi connectivity index (χ4n) is 3.62. The van der Waals surface area contributed by atoms with Crippen molar-refractivity contribution in [3.63, 3.8) is 0 Å². The molecule has 0 saturated heterocycles. The molecule has 0 aromatic carbocycles. The largest absolute Gasteiger partial charge is 0.295 e. The number of hydrogen-bond acceptors (Lipinski definition) is 2. The van der Waals surface area contributed by atoms with Gasteiger partial charge >= 0.3 is 0 Å². The van der Waals surface area contributed by atoms with Crippen LogP contribution in [0.2, 0.25) is 0 Å². The quantitative estimate of drug-likeness (QED) is 0.830. The Kier molecular flexibility index (Phi) is 4.14. The molecule has 0 spiro atoms. The van der Waals surface area contributed by atoms with Gasteiger partial charge in [0.2, 0.25) is 0 Å². The molecule has 0 N–H and O–H groups in total. The predicted octanol–water partition coefficient (Wildman–Crippen LogP) is 4.15. The summed E-state index contributed by atoms with van der Waals surface area (Å²) in [6.45, 7) is 6.45. The molecule has 0 bridgehead atoms. The third-order valence-electron chi connectivity index (χ3n) is 4.55. The molecule has 1 unspecified atom stereocenters. The van der Waals surface area contributed by atoms with Crippen LogP contribution in [0.3, 0.4) is 0 Å². The van der Waals surface area contributed by atoms with Gasteiger partial charge in [-0.1, -0.05) is 39.7 Å². The van der Waals surface area contributed by atoms with Crippen molar-refractivity contribution < 1.29 is 4.79 Å². The molecule has 1 atom stereocenters. The van der Waals surface area contributed by atoms with Gasteiger partial charge in [0.1, 0.15) is 5.82 Å². The number of aromatic nitrogens is 2. The molecule has 0 saturated carbocycles. The molecule has 3 heteroatoms. The number of ketones is 1. The maximum Gasteiger partial charge on any atom is 0.183 e. The Hall–Kier alpha value is -1.90. The number of Topliss-reactive ketones (excluding diaryl/α,β-unsaturated/α-hetero) is 1. The second kappa shape index (κ2) is 6.07. The number of carbonyl (C=O) groups is 1. The Morgan fingerprint density at radius 3 is 2.64 bits per heavy atom. The Labute approximate surface area is 132 Å². The van der Waals surface area contributed by atoms with Crippen molar-refractivity contribution in [3.05, 3.63) is 46.9 Å². The highest BCUT2D eigenvalue weighted by Crippen LogP contribution is 2.36. The molecule has 0 aliphatic heterocycles. The zero-order valence-electron chi connectivity index (χ0n) is 13.7. The van der Waals surface area contributed by atoms with Gasteiger partial charge in [0.15, 0.2) is 5.78 Å². The number of carbonyl (C=O) groups excluding carboxylic acids is 1. The molecule has 1 aliphatic rings. The summed E-state index contributed by atoms with van der Waals surface area (Å²) in [7, 11) is 0. The molecular formula is C19H24N2O. The van der Waals surface area contributed by atoms with Crippen molar-refractivity contribution in [2.45, 2.75) is 52.9 Å². The minimum absolute atomic E-state index is 0.103. The molecule has 3 nitrogen and oxygen atoms in total. The summed E-state index contributed by atoms with van der Waals surface area (Å²) in [5.41, 5.74) is 4.89. The summed E-state index contributed by atoms with van der Waals surface area (Å²) in [6, 6.07) is 5.92. The van der Waals surface area contributed by atoms with E-state index < -0.39 is 0 Å². The minimum Gasteiger partial charge on any atom is -0.295 e. The van der Waals surface area contributed by atoms with Crippen molar-refractivity contribution >= 4 is 5.78 Å². The highest BCUT2D eigenvalue weighted by Gasteiger charge is 2.36. The molecule has 2 heterocycles. The lowest BCUT2D eigenvalue weighted by Gasteiger charge is -2.13. The normalized spacial score (nSPS) is 17.0. The molecule has 0 radical (unpaired) electrons.